The predicted molar refractivity (Wildman–Crippen MR) is 205 cm³/mol. The van der Waals surface area contributed by atoms with Gasteiger partial charge >= 0.3 is 5.97 Å². The first-order chi connectivity index (χ1) is 29.5. The Bertz CT molecular complexity index is 1300. The first-order valence-corrected chi connectivity index (χ1v) is 20.1. The standard InChI is InChI=1S/C39H60N2O19/c42-35-5-6-36(43)40(35)60-37(44)7-8-47-9-10-48-11-12-49-13-14-50-15-16-51-17-18-52-19-20-53-21-22-54-23-24-55-25-26-56-27-28-57-29-30-58-31-32-59-41-38(45)33-3-1-2-4-34(33)39(41)46/h1-4H,5-32H2. The summed E-state index contributed by atoms with van der Waals surface area (Å²) < 4.78 is 65.2. The van der Waals surface area contributed by atoms with Crippen LogP contribution in [0.25, 0.3) is 0 Å². The second-order valence-corrected chi connectivity index (χ2v) is 12.4. The van der Waals surface area contributed by atoms with E-state index >= 15 is 0 Å². The third kappa shape index (κ3) is 22.9. The molecule has 0 radical (unpaired) electrons. The Balaban J connectivity index is 0.896. The van der Waals surface area contributed by atoms with E-state index in [-0.39, 0.29) is 45.7 Å². The summed E-state index contributed by atoms with van der Waals surface area (Å²) in [6.45, 7) is 9.57. The van der Waals surface area contributed by atoms with Crippen molar-refractivity contribution in [2.75, 3.05) is 165 Å². The zero-order chi connectivity index (χ0) is 42.7. The number of imide groups is 2. The molecule has 340 valence electrons. The fraction of sp³-hybridized carbons (Fsp3) is 0.718. The van der Waals surface area contributed by atoms with E-state index < -0.39 is 29.6 Å². The summed E-state index contributed by atoms with van der Waals surface area (Å²) in [4.78, 5) is 69.0. The van der Waals surface area contributed by atoms with Crippen LogP contribution in [0.3, 0.4) is 0 Å². The number of amides is 4. The Morgan fingerprint density at radius 2 is 0.650 bits per heavy atom. The van der Waals surface area contributed by atoms with E-state index in [0.717, 1.165) is 5.06 Å². The lowest BCUT2D eigenvalue weighted by atomic mass is 10.1. The molecule has 2 heterocycles. The molecule has 3 rings (SSSR count). The molecule has 0 bridgehead atoms. The predicted octanol–water partition coefficient (Wildman–Crippen LogP) is 0.411. The lowest BCUT2D eigenvalue weighted by Crippen LogP contribution is -2.32. The number of hydrogen-bond donors (Lipinski definition) is 0. The van der Waals surface area contributed by atoms with Crippen LogP contribution in [0.5, 0.6) is 0 Å². The molecule has 4 amide bonds. The number of hydroxylamine groups is 4. The molecule has 2 aliphatic heterocycles. The van der Waals surface area contributed by atoms with E-state index in [1.165, 1.54) is 0 Å². The molecular formula is C39H60N2O19. The molecule has 0 aliphatic carbocycles. The lowest BCUT2D eigenvalue weighted by Gasteiger charge is -2.13. The monoisotopic (exact) mass is 860 g/mol. The smallest absolute Gasteiger partial charge is 0.335 e. The van der Waals surface area contributed by atoms with Gasteiger partial charge in [0.05, 0.1) is 183 Å². The van der Waals surface area contributed by atoms with Crippen LogP contribution in [0.4, 0.5) is 0 Å². The highest BCUT2D eigenvalue weighted by Gasteiger charge is 2.36. The van der Waals surface area contributed by atoms with Gasteiger partial charge in [0.2, 0.25) is 0 Å². The van der Waals surface area contributed by atoms with Crippen LogP contribution in [-0.4, -0.2) is 205 Å². The summed E-state index contributed by atoms with van der Waals surface area (Å²) >= 11 is 0. The first kappa shape index (κ1) is 50.8. The van der Waals surface area contributed by atoms with Crippen molar-refractivity contribution in [3.63, 3.8) is 0 Å². The van der Waals surface area contributed by atoms with Crippen LogP contribution in [0.2, 0.25) is 0 Å². The van der Waals surface area contributed by atoms with Gasteiger partial charge in [0.25, 0.3) is 23.6 Å². The molecule has 0 N–H and O–H groups in total. The minimum Gasteiger partial charge on any atom is -0.378 e. The fourth-order valence-corrected chi connectivity index (χ4v) is 4.95. The van der Waals surface area contributed by atoms with Crippen molar-refractivity contribution in [3.8, 4) is 0 Å². The van der Waals surface area contributed by atoms with Gasteiger partial charge in [0.1, 0.15) is 0 Å². The Labute approximate surface area is 349 Å². The number of benzene rings is 1. The molecule has 0 spiro atoms. The Morgan fingerprint density at radius 3 is 0.950 bits per heavy atom. The highest BCUT2D eigenvalue weighted by Crippen LogP contribution is 2.22. The van der Waals surface area contributed by atoms with Gasteiger partial charge in [-0.05, 0) is 12.1 Å². The van der Waals surface area contributed by atoms with Gasteiger partial charge in [0.15, 0.2) is 0 Å². The Hall–Kier alpha value is -3.55. The maximum atomic E-state index is 12.2. The summed E-state index contributed by atoms with van der Waals surface area (Å²) in [7, 11) is 0. The normalized spacial score (nSPS) is 13.9. The van der Waals surface area contributed by atoms with Gasteiger partial charge < -0.3 is 61.7 Å². The van der Waals surface area contributed by atoms with E-state index in [9.17, 15) is 24.0 Å². The van der Waals surface area contributed by atoms with E-state index in [0.29, 0.717) is 155 Å². The van der Waals surface area contributed by atoms with Crippen molar-refractivity contribution in [3.05, 3.63) is 35.4 Å². The molecule has 0 aromatic heterocycles. The number of nitrogens with zero attached hydrogens (tertiary/aromatic N) is 2. The van der Waals surface area contributed by atoms with E-state index in [1.807, 2.05) is 0 Å². The number of rotatable bonds is 41. The average Bonchev–Trinajstić information content (AvgIpc) is 3.69. The molecule has 1 fully saturated rings. The third-order valence-electron chi connectivity index (χ3n) is 7.95. The fourth-order valence-electron chi connectivity index (χ4n) is 4.95. The topological polar surface area (TPSA) is 221 Å². The second-order valence-electron chi connectivity index (χ2n) is 12.4. The quantitative estimate of drug-likeness (QED) is 0.0643. The van der Waals surface area contributed by atoms with Crippen molar-refractivity contribution in [2.24, 2.45) is 0 Å². The molecule has 60 heavy (non-hydrogen) atoms. The van der Waals surface area contributed by atoms with Crippen LogP contribution >= 0.6 is 0 Å². The summed E-state index contributed by atoms with van der Waals surface area (Å²) in [5.41, 5.74) is 0.666. The number of hydrogen-bond acceptors (Lipinski definition) is 19. The van der Waals surface area contributed by atoms with Crippen molar-refractivity contribution in [1.29, 1.82) is 0 Å². The van der Waals surface area contributed by atoms with E-state index in [4.69, 9.17) is 66.5 Å². The molecule has 0 saturated carbocycles. The lowest BCUT2D eigenvalue weighted by molar-refractivity contribution is -0.198. The van der Waals surface area contributed by atoms with Crippen LogP contribution < -0.4 is 0 Å². The van der Waals surface area contributed by atoms with Gasteiger partial charge in [-0.1, -0.05) is 12.1 Å². The van der Waals surface area contributed by atoms with Crippen LogP contribution in [0, 0.1) is 0 Å². The highest BCUT2D eigenvalue weighted by molar-refractivity contribution is 6.20. The minimum absolute atomic E-state index is 0.0524. The number of ether oxygens (including phenoxy) is 12. The molecule has 0 atom stereocenters. The van der Waals surface area contributed by atoms with Gasteiger partial charge in [-0.25, -0.2) is 4.79 Å². The molecule has 1 aromatic rings. The molecule has 21 nitrogen and oxygen atoms in total. The van der Waals surface area contributed by atoms with Gasteiger partial charge in [-0.15, -0.1) is 10.1 Å². The van der Waals surface area contributed by atoms with Crippen molar-refractivity contribution < 1.29 is 90.5 Å². The maximum Gasteiger partial charge on any atom is 0.335 e. The zero-order valence-electron chi connectivity index (χ0n) is 34.3. The third-order valence-corrected chi connectivity index (χ3v) is 7.95. The summed E-state index contributed by atoms with van der Waals surface area (Å²) in [6, 6.07) is 6.58. The summed E-state index contributed by atoms with van der Waals surface area (Å²) in [6.07, 6.45) is 0.0225. The molecule has 0 unspecified atom stereocenters. The SMILES string of the molecule is O=C(CCOCCOCCOCCOCCOCCOCCOCCOCCOCCOCCOCCOCCON1C(=O)c2ccccc2C1=O)ON1C(=O)CCC1=O. The van der Waals surface area contributed by atoms with Crippen LogP contribution in [0.1, 0.15) is 40.0 Å². The molecule has 1 aromatic carbocycles. The van der Waals surface area contributed by atoms with Crippen molar-refractivity contribution in [1.82, 2.24) is 10.1 Å². The molecule has 21 heteroatoms. The second kappa shape index (κ2) is 34.1. The summed E-state index contributed by atoms with van der Waals surface area (Å²) in [5.74, 6) is -2.68. The Morgan fingerprint density at radius 1 is 0.383 bits per heavy atom. The summed E-state index contributed by atoms with van der Waals surface area (Å²) in [5, 5.41) is 1.28. The van der Waals surface area contributed by atoms with E-state index in [2.05, 4.69) is 0 Å². The van der Waals surface area contributed by atoms with Gasteiger partial charge in [-0.2, -0.15) is 0 Å². The zero-order valence-corrected chi connectivity index (χ0v) is 34.3. The average molecular weight is 861 g/mol. The Kier molecular flexibility index (Phi) is 28.9. The van der Waals surface area contributed by atoms with Crippen LogP contribution in [-0.2, 0) is 80.9 Å². The first-order valence-electron chi connectivity index (χ1n) is 20.1. The largest absolute Gasteiger partial charge is 0.378 e. The number of fused-ring (bicyclic) bond motifs is 1. The van der Waals surface area contributed by atoms with Gasteiger partial charge in [0, 0.05) is 12.8 Å². The van der Waals surface area contributed by atoms with Crippen molar-refractivity contribution in [2.45, 2.75) is 19.3 Å². The molecule has 1 saturated heterocycles. The number of carbonyl (C=O) groups excluding carboxylic acids is 5. The molecular weight excluding hydrogens is 800 g/mol. The van der Waals surface area contributed by atoms with Crippen molar-refractivity contribution >= 4 is 29.6 Å². The minimum atomic E-state index is -0.706. The maximum absolute atomic E-state index is 12.2. The molecule has 2 aliphatic rings. The van der Waals surface area contributed by atoms with E-state index in [1.54, 1.807) is 24.3 Å². The number of carbonyl (C=O) groups is 5. The van der Waals surface area contributed by atoms with Gasteiger partial charge in [-0.3, -0.25) is 24.0 Å². The highest BCUT2D eigenvalue weighted by atomic mass is 16.7. The van der Waals surface area contributed by atoms with Crippen LogP contribution in [0.15, 0.2) is 24.3 Å².